The van der Waals surface area contributed by atoms with Crippen LogP contribution in [0.2, 0.25) is 0 Å². The number of Topliss-reactive ketones (excluding diaryl/α,β-unsaturated/α-hetero) is 1. The Balaban J connectivity index is 1.76. The molecule has 1 N–H and O–H groups in total. The van der Waals surface area contributed by atoms with Crippen LogP contribution in [0.15, 0.2) is 0 Å². The Labute approximate surface area is 141 Å². The van der Waals surface area contributed by atoms with Crippen LogP contribution in [0.25, 0.3) is 0 Å². The van der Waals surface area contributed by atoms with Crippen molar-refractivity contribution in [3.63, 3.8) is 0 Å². The number of cyclic esters (lactones) is 1. The SMILES string of the molecule is CC(=O)c1c(C)nn(CCC(=O)NCCN2CCCOC2=O)c1C. The number of aryl methyl sites for hydroxylation is 2. The summed E-state index contributed by atoms with van der Waals surface area (Å²) in [5.74, 6) is -0.133. The molecule has 0 unspecified atom stereocenters. The van der Waals surface area contributed by atoms with Gasteiger partial charge in [-0.3, -0.25) is 14.3 Å². The zero-order valence-electron chi connectivity index (χ0n) is 14.4. The molecule has 2 heterocycles. The molecule has 0 spiro atoms. The topological polar surface area (TPSA) is 93.5 Å². The van der Waals surface area contributed by atoms with Gasteiger partial charge in [0, 0.05) is 38.3 Å². The minimum absolute atomic E-state index is 0.0193. The summed E-state index contributed by atoms with van der Waals surface area (Å²) in [6.45, 7) is 7.51. The fraction of sp³-hybridized carbons (Fsp3) is 0.625. The molecule has 2 rings (SSSR count). The second-order valence-corrected chi connectivity index (χ2v) is 5.88. The molecule has 1 aliphatic rings. The number of hydrogen-bond donors (Lipinski definition) is 1. The first-order chi connectivity index (χ1) is 11.4. The van der Waals surface area contributed by atoms with Gasteiger partial charge in [-0.2, -0.15) is 5.10 Å². The Morgan fingerprint density at radius 1 is 1.29 bits per heavy atom. The van der Waals surface area contributed by atoms with E-state index in [1.165, 1.54) is 6.92 Å². The minimum Gasteiger partial charge on any atom is -0.449 e. The lowest BCUT2D eigenvalue weighted by Gasteiger charge is -2.26. The number of ether oxygens (including phenoxy) is 1. The maximum absolute atomic E-state index is 11.9. The Hall–Kier alpha value is -2.38. The van der Waals surface area contributed by atoms with Gasteiger partial charge in [0.2, 0.25) is 5.91 Å². The zero-order valence-corrected chi connectivity index (χ0v) is 14.4. The van der Waals surface area contributed by atoms with Gasteiger partial charge in [-0.05, 0) is 27.2 Å². The summed E-state index contributed by atoms with van der Waals surface area (Å²) in [5.41, 5.74) is 2.09. The van der Waals surface area contributed by atoms with Gasteiger partial charge >= 0.3 is 6.09 Å². The fourth-order valence-corrected chi connectivity index (χ4v) is 2.85. The summed E-state index contributed by atoms with van der Waals surface area (Å²) in [4.78, 5) is 36.6. The van der Waals surface area contributed by atoms with Gasteiger partial charge in [-0.25, -0.2) is 4.79 Å². The highest BCUT2D eigenvalue weighted by molar-refractivity contribution is 5.96. The van der Waals surface area contributed by atoms with E-state index in [1.807, 2.05) is 6.92 Å². The summed E-state index contributed by atoms with van der Waals surface area (Å²) >= 11 is 0. The molecule has 1 aromatic heterocycles. The summed E-state index contributed by atoms with van der Waals surface area (Å²) in [7, 11) is 0. The lowest BCUT2D eigenvalue weighted by Crippen LogP contribution is -2.42. The molecule has 0 atom stereocenters. The highest BCUT2D eigenvalue weighted by Crippen LogP contribution is 2.13. The van der Waals surface area contributed by atoms with Gasteiger partial charge in [-0.1, -0.05) is 0 Å². The highest BCUT2D eigenvalue weighted by Gasteiger charge is 2.19. The lowest BCUT2D eigenvalue weighted by molar-refractivity contribution is -0.121. The van der Waals surface area contributed by atoms with E-state index in [1.54, 1.807) is 16.5 Å². The number of carbonyl (C=O) groups excluding carboxylic acids is 3. The summed E-state index contributed by atoms with van der Waals surface area (Å²) in [5, 5.41) is 7.10. The molecule has 8 nitrogen and oxygen atoms in total. The number of amides is 2. The Kier molecular flexibility index (Phi) is 5.94. The van der Waals surface area contributed by atoms with E-state index >= 15 is 0 Å². The second kappa shape index (κ2) is 7.94. The van der Waals surface area contributed by atoms with Crippen LogP contribution in [0.3, 0.4) is 0 Å². The number of carbonyl (C=O) groups is 3. The molecule has 0 bridgehead atoms. The average molecular weight is 336 g/mol. The molecule has 132 valence electrons. The molecule has 0 saturated carbocycles. The highest BCUT2D eigenvalue weighted by atomic mass is 16.6. The fourth-order valence-electron chi connectivity index (χ4n) is 2.85. The number of rotatable bonds is 7. The molecule has 1 saturated heterocycles. The number of nitrogens with zero attached hydrogens (tertiary/aromatic N) is 3. The normalized spacial score (nSPS) is 14.5. The van der Waals surface area contributed by atoms with Crippen molar-refractivity contribution in [2.75, 3.05) is 26.2 Å². The molecule has 8 heteroatoms. The lowest BCUT2D eigenvalue weighted by atomic mass is 10.1. The Morgan fingerprint density at radius 3 is 2.67 bits per heavy atom. The van der Waals surface area contributed by atoms with Gasteiger partial charge in [0.25, 0.3) is 0 Å². The largest absolute Gasteiger partial charge is 0.449 e. The van der Waals surface area contributed by atoms with Crippen molar-refractivity contribution in [3.8, 4) is 0 Å². The predicted octanol–water partition coefficient (Wildman–Crippen LogP) is 1.05. The van der Waals surface area contributed by atoms with Crippen LogP contribution in [0.1, 0.15) is 41.5 Å². The molecule has 0 aliphatic carbocycles. The van der Waals surface area contributed by atoms with Crippen molar-refractivity contribution >= 4 is 17.8 Å². The molecule has 1 aliphatic heterocycles. The van der Waals surface area contributed by atoms with Crippen molar-refractivity contribution in [1.82, 2.24) is 20.0 Å². The molecule has 1 fully saturated rings. The van der Waals surface area contributed by atoms with E-state index in [-0.39, 0.29) is 24.2 Å². The number of aromatic nitrogens is 2. The average Bonchev–Trinajstić information content (AvgIpc) is 2.81. The van der Waals surface area contributed by atoms with Gasteiger partial charge in [0.05, 0.1) is 17.9 Å². The van der Waals surface area contributed by atoms with Gasteiger partial charge in [-0.15, -0.1) is 0 Å². The van der Waals surface area contributed by atoms with Crippen molar-refractivity contribution < 1.29 is 19.1 Å². The maximum atomic E-state index is 11.9. The first-order valence-electron chi connectivity index (χ1n) is 8.13. The van der Waals surface area contributed by atoms with Crippen LogP contribution < -0.4 is 5.32 Å². The Morgan fingerprint density at radius 2 is 2.04 bits per heavy atom. The third kappa shape index (κ3) is 4.33. The van der Waals surface area contributed by atoms with Gasteiger partial charge in [0.15, 0.2) is 5.78 Å². The number of hydrogen-bond acceptors (Lipinski definition) is 5. The summed E-state index contributed by atoms with van der Waals surface area (Å²) in [6, 6.07) is 0. The third-order valence-corrected chi connectivity index (χ3v) is 4.04. The van der Waals surface area contributed by atoms with Crippen LogP contribution in [0.4, 0.5) is 4.79 Å². The predicted molar refractivity (Wildman–Crippen MR) is 86.9 cm³/mol. The molecule has 0 aromatic carbocycles. The smallest absolute Gasteiger partial charge is 0.409 e. The molecular formula is C16H24N4O4. The van der Waals surface area contributed by atoms with Crippen molar-refractivity contribution in [3.05, 3.63) is 17.0 Å². The second-order valence-electron chi connectivity index (χ2n) is 5.88. The molecule has 1 aromatic rings. The molecule has 0 radical (unpaired) electrons. The van der Waals surface area contributed by atoms with E-state index in [0.717, 1.165) is 12.1 Å². The number of nitrogens with one attached hydrogen (secondary N) is 1. The Bertz CT molecular complexity index is 638. The van der Waals surface area contributed by atoms with E-state index in [0.29, 0.717) is 44.0 Å². The van der Waals surface area contributed by atoms with E-state index in [9.17, 15) is 14.4 Å². The van der Waals surface area contributed by atoms with Crippen molar-refractivity contribution in [2.45, 2.75) is 40.2 Å². The van der Waals surface area contributed by atoms with Crippen molar-refractivity contribution in [1.29, 1.82) is 0 Å². The van der Waals surface area contributed by atoms with Gasteiger partial charge in [0.1, 0.15) is 0 Å². The van der Waals surface area contributed by atoms with Crippen LogP contribution in [-0.4, -0.2) is 58.7 Å². The molecule has 2 amide bonds. The molecular weight excluding hydrogens is 312 g/mol. The first-order valence-corrected chi connectivity index (χ1v) is 8.13. The van der Waals surface area contributed by atoms with Crippen LogP contribution in [0.5, 0.6) is 0 Å². The van der Waals surface area contributed by atoms with Crippen molar-refractivity contribution in [2.24, 2.45) is 0 Å². The monoisotopic (exact) mass is 336 g/mol. The van der Waals surface area contributed by atoms with Crippen LogP contribution in [0, 0.1) is 13.8 Å². The first kappa shape index (κ1) is 18.0. The van der Waals surface area contributed by atoms with E-state index in [4.69, 9.17) is 4.74 Å². The summed E-state index contributed by atoms with van der Waals surface area (Å²) in [6.07, 6.45) is 0.759. The van der Waals surface area contributed by atoms with Gasteiger partial charge < -0.3 is 15.0 Å². The number of ketones is 1. The summed E-state index contributed by atoms with van der Waals surface area (Å²) < 4.78 is 6.62. The standard InChI is InChI=1S/C16H24N4O4/c1-11-15(13(3)21)12(2)20(18-11)8-5-14(22)17-6-9-19-7-4-10-24-16(19)23/h4-10H2,1-3H3,(H,17,22). The van der Waals surface area contributed by atoms with E-state index in [2.05, 4.69) is 10.4 Å². The quantitative estimate of drug-likeness (QED) is 0.751. The minimum atomic E-state index is -0.324. The van der Waals surface area contributed by atoms with Crippen LogP contribution >= 0.6 is 0 Å². The molecule has 24 heavy (non-hydrogen) atoms. The maximum Gasteiger partial charge on any atom is 0.409 e. The van der Waals surface area contributed by atoms with Crippen LogP contribution in [-0.2, 0) is 16.1 Å². The van der Waals surface area contributed by atoms with E-state index < -0.39 is 0 Å². The zero-order chi connectivity index (χ0) is 17.7. The third-order valence-electron chi connectivity index (χ3n) is 4.04.